The van der Waals surface area contributed by atoms with Gasteiger partial charge in [-0.3, -0.25) is 0 Å². The molecule has 2 N–H and O–H groups in total. The summed E-state index contributed by atoms with van der Waals surface area (Å²) in [5.41, 5.74) is 0. The van der Waals surface area contributed by atoms with Gasteiger partial charge in [-0.15, -0.1) is 0 Å². The molecule has 3 heteroatoms. The molecule has 0 radical (unpaired) electrons. The van der Waals surface area contributed by atoms with E-state index in [0.717, 1.165) is 13.0 Å². The van der Waals surface area contributed by atoms with Crippen LogP contribution in [-0.4, -0.2) is 48.3 Å². The molecular weight excluding hydrogens is 200 g/mol. The van der Waals surface area contributed by atoms with Crippen LogP contribution in [0.15, 0.2) is 0 Å². The largest absolute Gasteiger partial charge is 0.396 e. The lowest BCUT2D eigenvalue weighted by Crippen LogP contribution is -2.45. The standard InChI is InChI=1S/C13H28N2O/c1-11(2)15-7-4-13(5-8-15)14-10-12(3)6-9-16/h11-14,16H,4-10H2,1-3H3. The van der Waals surface area contributed by atoms with Crippen LogP contribution in [0.2, 0.25) is 0 Å². The van der Waals surface area contributed by atoms with Crippen LogP contribution in [0.25, 0.3) is 0 Å². The van der Waals surface area contributed by atoms with E-state index >= 15 is 0 Å². The minimum Gasteiger partial charge on any atom is -0.396 e. The number of hydrogen-bond donors (Lipinski definition) is 2. The lowest BCUT2D eigenvalue weighted by Gasteiger charge is -2.35. The highest BCUT2D eigenvalue weighted by Gasteiger charge is 2.20. The van der Waals surface area contributed by atoms with Gasteiger partial charge in [-0.1, -0.05) is 6.92 Å². The summed E-state index contributed by atoms with van der Waals surface area (Å²) < 4.78 is 0. The Morgan fingerprint density at radius 3 is 2.38 bits per heavy atom. The van der Waals surface area contributed by atoms with Crippen molar-refractivity contribution in [3.63, 3.8) is 0 Å². The number of likely N-dealkylation sites (tertiary alicyclic amines) is 1. The Kier molecular flexibility index (Phi) is 6.32. The van der Waals surface area contributed by atoms with Gasteiger partial charge in [0, 0.05) is 18.7 Å². The summed E-state index contributed by atoms with van der Waals surface area (Å²) in [5, 5.41) is 12.5. The van der Waals surface area contributed by atoms with Gasteiger partial charge in [-0.05, 0) is 58.7 Å². The maximum absolute atomic E-state index is 8.83. The maximum atomic E-state index is 8.83. The Hall–Kier alpha value is -0.120. The fourth-order valence-corrected chi connectivity index (χ4v) is 2.31. The van der Waals surface area contributed by atoms with Crippen LogP contribution >= 0.6 is 0 Å². The van der Waals surface area contributed by atoms with Crippen molar-refractivity contribution in [1.82, 2.24) is 10.2 Å². The first-order valence-electron chi connectivity index (χ1n) is 6.71. The number of hydrogen-bond acceptors (Lipinski definition) is 3. The van der Waals surface area contributed by atoms with Crippen LogP contribution in [0.4, 0.5) is 0 Å². The molecule has 1 unspecified atom stereocenters. The second kappa shape index (κ2) is 7.25. The number of nitrogens with one attached hydrogen (secondary N) is 1. The summed E-state index contributed by atoms with van der Waals surface area (Å²) >= 11 is 0. The van der Waals surface area contributed by atoms with Crippen molar-refractivity contribution in [3.05, 3.63) is 0 Å². The fraction of sp³-hybridized carbons (Fsp3) is 1.00. The van der Waals surface area contributed by atoms with E-state index in [1.807, 2.05) is 0 Å². The number of rotatable bonds is 6. The van der Waals surface area contributed by atoms with Gasteiger partial charge in [0.15, 0.2) is 0 Å². The van der Waals surface area contributed by atoms with Gasteiger partial charge in [0.1, 0.15) is 0 Å². The van der Waals surface area contributed by atoms with Crippen molar-refractivity contribution < 1.29 is 5.11 Å². The monoisotopic (exact) mass is 228 g/mol. The van der Waals surface area contributed by atoms with Gasteiger partial charge >= 0.3 is 0 Å². The number of nitrogens with zero attached hydrogens (tertiary/aromatic N) is 1. The zero-order chi connectivity index (χ0) is 12.0. The second-order valence-corrected chi connectivity index (χ2v) is 5.43. The first-order chi connectivity index (χ1) is 7.63. The average molecular weight is 228 g/mol. The van der Waals surface area contributed by atoms with Crippen LogP contribution in [0.3, 0.4) is 0 Å². The van der Waals surface area contributed by atoms with Crippen LogP contribution < -0.4 is 5.32 Å². The van der Waals surface area contributed by atoms with E-state index in [4.69, 9.17) is 5.11 Å². The Morgan fingerprint density at radius 2 is 1.88 bits per heavy atom. The lowest BCUT2D eigenvalue weighted by atomic mass is 10.0. The zero-order valence-corrected chi connectivity index (χ0v) is 11.1. The Bertz CT molecular complexity index is 177. The van der Waals surface area contributed by atoms with Crippen molar-refractivity contribution in [2.24, 2.45) is 5.92 Å². The molecule has 1 aliphatic rings. The molecule has 0 amide bonds. The van der Waals surface area contributed by atoms with E-state index < -0.39 is 0 Å². The SMILES string of the molecule is CC(CCO)CNC1CCN(C(C)C)CC1. The fourth-order valence-electron chi connectivity index (χ4n) is 2.31. The second-order valence-electron chi connectivity index (χ2n) is 5.43. The third-order valence-corrected chi connectivity index (χ3v) is 3.64. The predicted molar refractivity (Wildman–Crippen MR) is 68.6 cm³/mol. The number of piperidine rings is 1. The predicted octanol–water partition coefficient (Wildman–Crippen LogP) is 1.47. The molecule has 0 bridgehead atoms. The van der Waals surface area contributed by atoms with E-state index in [1.165, 1.54) is 25.9 Å². The highest BCUT2D eigenvalue weighted by molar-refractivity contribution is 4.79. The molecule has 1 saturated heterocycles. The minimum absolute atomic E-state index is 0.314. The molecule has 0 aromatic rings. The van der Waals surface area contributed by atoms with E-state index in [0.29, 0.717) is 24.6 Å². The quantitative estimate of drug-likeness (QED) is 0.722. The minimum atomic E-state index is 0.314. The molecule has 0 aromatic heterocycles. The molecule has 1 rings (SSSR count). The van der Waals surface area contributed by atoms with E-state index in [2.05, 4.69) is 31.0 Å². The smallest absolute Gasteiger partial charge is 0.0434 e. The van der Waals surface area contributed by atoms with Gasteiger partial charge in [0.25, 0.3) is 0 Å². The molecule has 1 atom stereocenters. The summed E-state index contributed by atoms with van der Waals surface area (Å²) in [6, 6.07) is 1.38. The summed E-state index contributed by atoms with van der Waals surface area (Å²) in [5.74, 6) is 0.591. The van der Waals surface area contributed by atoms with Gasteiger partial charge in [0.2, 0.25) is 0 Å². The summed E-state index contributed by atoms with van der Waals surface area (Å²) in [7, 11) is 0. The average Bonchev–Trinajstić information content (AvgIpc) is 2.27. The van der Waals surface area contributed by atoms with Crippen molar-refractivity contribution >= 4 is 0 Å². The molecule has 96 valence electrons. The van der Waals surface area contributed by atoms with Crippen LogP contribution in [0, 0.1) is 5.92 Å². The van der Waals surface area contributed by atoms with Gasteiger partial charge in [-0.25, -0.2) is 0 Å². The number of aliphatic hydroxyl groups is 1. The molecular formula is C13H28N2O. The van der Waals surface area contributed by atoms with E-state index in [-0.39, 0.29) is 0 Å². The number of aliphatic hydroxyl groups excluding tert-OH is 1. The molecule has 0 spiro atoms. The van der Waals surface area contributed by atoms with Gasteiger partial charge < -0.3 is 15.3 Å². The van der Waals surface area contributed by atoms with Crippen molar-refractivity contribution in [3.8, 4) is 0 Å². The maximum Gasteiger partial charge on any atom is 0.0434 e. The van der Waals surface area contributed by atoms with Gasteiger partial charge in [0.05, 0.1) is 0 Å². The van der Waals surface area contributed by atoms with Crippen molar-refractivity contribution in [2.45, 2.75) is 52.1 Å². The molecule has 0 aromatic carbocycles. The zero-order valence-electron chi connectivity index (χ0n) is 11.1. The third-order valence-electron chi connectivity index (χ3n) is 3.64. The molecule has 0 saturated carbocycles. The first-order valence-corrected chi connectivity index (χ1v) is 6.71. The van der Waals surface area contributed by atoms with Crippen LogP contribution in [0.5, 0.6) is 0 Å². The van der Waals surface area contributed by atoms with Crippen molar-refractivity contribution in [2.75, 3.05) is 26.2 Å². The summed E-state index contributed by atoms with van der Waals surface area (Å²) in [4.78, 5) is 2.55. The molecule has 1 fully saturated rings. The van der Waals surface area contributed by atoms with Crippen molar-refractivity contribution in [1.29, 1.82) is 0 Å². The Balaban J connectivity index is 2.12. The van der Waals surface area contributed by atoms with Gasteiger partial charge in [-0.2, -0.15) is 0 Å². The highest BCUT2D eigenvalue weighted by atomic mass is 16.3. The van der Waals surface area contributed by atoms with Crippen LogP contribution in [0.1, 0.15) is 40.0 Å². The summed E-state index contributed by atoms with van der Waals surface area (Å²) in [6.45, 7) is 10.6. The van der Waals surface area contributed by atoms with Crippen LogP contribution in [-0.2, 0) is 0 Å². The molecule has 1 heterocycles. The van der Waals surface area contributed by atoms with E-state index in [9.17, 15) is 0 Å². The normalized spacial score (nSPS) is 21.6. The first kappa shape index (κ1) is 13.9. The molecule has 1 aliphatic heterocycles. The third kappa shape index (κ3) is 4.81. The highest BCUT2D eigenvalue weighted by Crippen LogP contribution is 2.13. The Morgan fingerprint density at radius 1 is 1.25 bits per heavy atom. The molecule has 0 aliphatic carbocycles. The Labute approximate surface area is 100 Å². The molecule has 16 heavy (non-hydrogen) atoms. The van der Waals surface area contributed by atoms with E-state index in [1.54, 1.807) is 0 Å². The molecule has 3 nitrogen and oxygen atoms in total. The topological polar surface area (TPSA) is 35.5 Å². The summed E-state index contributed by atoms with van der Waals surface area (Å²) in [6.07, 6.45) is 3.45. The lowest BCUT2D eigenvalue weighted by molar-refractivity contribution is 0.158.